The number of benzene rings is 1. The van der Waals surface area contributed by atoms with Gasteiger partial charge in [0.15, 0.2) is 5.84 Å². The number of hydrogen-bond acceptors (Lipinski definition) is 5. The summed E-state index contributed by atoms with van der Waals surface area (Å²) in [7, 11) is -3.54. The molecule has 9 heteroatoms. The molecule has 112 valence electrons. The third-order valence-corrected chi connectivity index (χ3v) is 6.72. The summed E-state index contributed by atoms with van der Waals surface area (Å²) in [5.74, 6) is 0.00430. The van der Waals surface area contributed by atoms with Gasteiger partial charge in [0.2, 0.25) is 0 Å². The molecule has 0 amide bonds. The van der Waals surface area contributed by atoms with Crippen LogP contribution in [-0.2, 0) is 16.6 Å². The van der Waals surface area contributed by atoms with Crippen LogP contribution in [0.15, 0.2) is 49.5 Å². The smallest absolute Gasteiger partial charge is 0.251 e. The molecule has 0 saturated heterocycles. The number of rotatable bonds is 5. The van der Waals surface area contributed by atoms with Gasteiger partial charge in [-0.05, 0) is 32.9 Å². The standard InChI is InChI=1S/C12H12BrN3O3S2/c13-10-5-6-20-12(10)21(18,19)15-7-8-1-3-9(4-2-8)11(14)16-17/h1-6,15,17H,7H2,(H2,14,16). The lowest BCUT2D eigenvalue weighted by molar-refractivity contribution is 0.318. The molecule has 1 aromatic heterocycles. The van der Waals surface area contributed by atoms with Crippen LogP contribution in [0.4, 0.5) is 0 Å². The summed E-state index contributed by atoms with van der Waals surface area (Å²) < 4.78 is 27.5. The van der Waals surface area contributed by atoms with Gasteiger partial charge in [-0.2, -0.15) is 0 Å². The fraction of sp³-hybridized carbons (Fsp3) is 0.0833. The van der Waals surface area contributed by atoms with Gasteiger partial charge in [0, 0.05) is 16.6 Å². The molecule has 2 aromatic rings. The topological polar surface area (TPSA) is 105 Å². The maximum atomic E-state index is 12.1. The highest BCUT2D eigenvalue weighted by molar-refractivity contribution is 9.10. The summed E-state index contributed by atoms with van der Waals surface area (Å²) in [5, 5.41) is 13.2. The largest absolute Gasteiger partial charge is 0.409 e. The molecule has 1 aromatic carbocycles. The van der Waals surface area contributed by atoms with Crippen LogP contribution in [0, 0.1) is 0 Å². The Morgan fingerprint density at radius 3 is 2.52 bits per heavy atom. The zero-order valence-corrected chi connectivity index (χ0v) is 13.9. The molecule has 0 aliphatic carbocycles. The molecule has 0 atom stereocenters. The second kappa shape index (κ2) is 6.56. The van der Waals surface area contributed by atoms with Gasteiger partial charge in [0.25, 0.3) is 10.0 Å². The molecule has 0 unspecified atom stereocenters. The lowest BCUT2D eigenvalue weighted by Gasteiger charge is -2.06. The molecule has 2 rings (SSSR count). The molecule has 0 fully saturated rings. The summed E-state index contributed by atoms with van der Waals surface area (Å²) in [4.78, 5) is 0. The van der Waals surface area contributed by atoms with Crippen molar-refractivity contribution < 1.29 is 13.6 Å². The van der Waals surface area contributed by atoms with E-state index in [0.29, 0.717) is 10.0 Å². The lowest BCUT2D eigenvalue weighted by atomic mass is 10.1. The second-order valence-corrected chi connectivity index (χ2v) is 7.80. The molecule has 0 aliphatic rings. The van der Waals surface area contributed by atoms with Crippen molar-refractivity contribution in [2.75, 3.05) is 0 Å². The molecular weight excluding hydrogens is 378 g/mol. The molecule has 21 heavy (non-hydrogen) atoms. The Balaban J connectivity index is 2.08. The van der Waals surface area contributed by atoms with Crippen molar-refractivity contribution in [3.05, 3.63) is 51.3 Å². The summed E-state index contributed by atoms with van der Waals surface area (Å²) in [6.45, 7) is 0.156. The van der Waals surface area contributed by atoms with E-state index in [2.05, 4.69) is 25.8 Å². The molecule has 1 heterocycles. The Kier molecular flexibility index (Phi) is 4.99. The minimum Gasteiger partial charge on any atom is -0.409 e. The van der Waals surface area contributed by atoms with Crippen molar-refractivity contribution in [3.8, 4) is 0 Å². The van der Waals surface area contributed by atoms with Crippen LogP contribution < -0.4 is 10.5 Å². The second-order valence-electron chi connectivity index (χ2n) is 4.06. The highest BCUT2D eigenvalue weighted by Crippen LogP contribution is 2.27. The Morgan fingerprint density at radius 1 is 1.33 bits per heavy atom. The van der Waals surface area contributed by atoms with Crippen molar-refractivity contribution in [2.24, 2.45) is 10.9 Å². The van der Waals surface area contributed by atoms with Gasteiger partial charge in [-0.15, -0.1) is 11.3 Å². The minimum absolute atomic E-state index is 0.00430. The van der Waals surface area contributed by atoms with E-state index in [9.17, 15) is 8.42 Å². The molecule has 0 spiro atoms. The van der Waals surface area contributed by atoms with Crippen LogP contribution in [0.3, 0.4) is 0 Å². The SMILES string of the molecule is NC(=NO)c1ccc(CNS(=O)(=O)c2sccc2Br)cc1. The van der Waals surface area contributed by atoms with Gasteiger partial charge in [-0.3, -0.25) is 0 Å². The van der Waals surface area contributed by atoms with Crippen LogP contribution in [0.2, 0.25) is 0 Å². The number of hydrogen-bond donors (Lipinski definition) is 3. The van der Waals surface area contributed by atoms with E-state index in [4.69, 9.17) is 10.9 Å². The summed E-state index contributed by atoms with van der Waals surface area (Å²) in [5.41, 5.74) is 6.78. The van der Waals surface area contributed by atoms with Crippen LogP contribution in [-0.4, -0.2) is 19.5 Å². The van der Waals surface area contributed by atoms with Gasteiger partial charge < -0.3 is 10.9 Å². The third kappa shape index (κ3) is 3.82. The van der Waals surface area contributed by atoms with Crippen LogP contribution in [0.25, 0.3) is 0 Å². The van der Waals surface area contributed by atoms with Gasteiger partial charge in [-0.1, -0.05) is 29.4 Å². The Labute approximate surface area is 134 Å². The Hall–Kier alpha value is -1.42. The predicted molar refractivity (Wildman–Crippen MR) is 85.0 cm³/mol. The fourth-order valence-corrected chi connectivity index (χ4v) is 4.96. The predicted octanol–water partition coefficient (Wildman–Crippen LogP) is 2.08. The zero-order chi connectivity index (χ0) is 15.5. The monoisotopic (exact) mass is 389 g/mol. The van der Waals surface area contributed by atoms with Gasteiger partial charge in [0.05, 0.1) is 0 Å². The molecule has 6 nitrogen and oxygen atoms in total. The van der Waals surface area contributed by atoms with E-state index in [-0.39, 0.29) is 16.6 Å². The number of nitrogens with two attached hydrogens (primary N) is 1. The zero-order valence-electron chi connectivity index (χ0n) is 10.7. The first-order chi connectivity index (χ1) is 9.94. The van der Waals surface area contributed by atoms with Gasteiger partial charge >= 0.3 is 0 Å². The first-order valence-electron chi connectivity index (χ1n) is 5.73. The van der Waals surface area contributed by atoms with Crippen molar-refractivity contribution in [1.29, 1.82) is 0 Å². The van der Waals surface area contributed by atoms with E-state index < -0.39 is 10.0 Å². The molecule has 0 aliphatic heterocycles. The van der Waals surface area contributed by atoms with Crippen LogP contribution >= 0.6 is 27.3 Å². The quantitative estimate of drug-likeness (QED) is 0.315. The van der Waals surface area contributed by atoms with Crippen molar-refractivity contribution in [1.82, 2.24) is 4.72 Å². The number of thiophene rings is 1. The highest BCUT2D eigenvalue weighted by Gasteiger charge is 2.18. The van der Waals surface area contributed by atoms with E-state index in [1.165, 1.54) is 0 Å². The lowest BCUT2D eigenvalue weighted by Crippen LogP contribution is -2.22. The molecular formula is C12H12BrN3O3S2. The molecule has 0 radical (unpaired) electrons. The van der Waals surface area contributed by atoms with Crippen molar-refractivity contribution in [3.63, 3.8) is 0 Å². The normalized spacial score (nSPS) is 12.5. The van der Waals surface area contributed by atoms with E-state index in [1.807, 2.05) is 0 Å². The third-order valence-electron chi connectivity index (χ3n) is 2.65. The van der Waals surface area contributed by atoms with Crippen LogP contribution in [0.5, 0.6) is 0 Å². The summed E-state index contributed by atoms with van der Waals surface area (Å²) in [6.07, 6.45) is 0. The number of halogens is 1. The summed E-state index contributed by atoms with van der Waals surface area (Å²) >= 11 is 4.35. The van der Waals surface area contributed by atoms with Gasteiger partial charge in [-0.25, -0.2) is 13.1 Å². The molecule has 0 saturated carbocycles. The first-order valence-corrected chi connectivity index (χ1v) is 8.89. The summed E-state index contributed by atoms with van der Waals surface area (Å²) in [6, 6.07) is 8.41. The number of nitrogens with zero attached hydrogens (tertiary/aromatic N) is 1. The highest BCUT2D eigenvalue weighted by atomic mass is 79.9. The maximum absolute atomic E-state index is 12.1. The number of nitrogens with one attached hydrogen (secondary N) is 1. The van der Waals surface area contributed by atoms with Gasteiger partial charge in [0.1, 0.15) is 4.21 Å². The maximum Gasteiger partial charge on any atom is 0.251 e. The number of sulfonamides is 1. The fourth-order valence-electron chi connectivity index (χ4n) is 1.57. The first kappa shape index (κ1) is 16.0. The minimum atomic E-state index is -3.54. The average Bonchev–Trinajstić information content (AvgIpc) is 2.92. The van der Waals surface area contributed by atoms with E-state index in [1.54, 1.807) is 35.7 Å². The van der Waals surface area contributed by atoms with Crippen molar-refractivity contribution in [2.45, 2.75) is 10.8 Å². The number of oxime groups is 1. The van der Waals surface area contributed by atoms with Crippen LogP contribution in [0.1, 0.15) is 11.1 Å². The molecule has 4 N–H and O–H groups in total. The molecule has 0 bridgehead atoms. The van der Waals surface area contributed by atoms with E-state index in [0.717, 1.165) is 16.9 Å². The number of amidine groups is 1. The Bertz CT molecular complexity index is 754. The van der Waals surface area contributed by atoms with E-state index >= 15 is 0 Å². The average molecular weight is 390 g/mol. The van der Waals surface area contributed by atoms with Crippen molar-refractivity contribution >= 4 is 43.1 Å². The Morgan fingerprint density at radius 2 is 2.00 bits per heavy atom.